The van der Waals surface area contributed by atoms with E-state index >= 15 is 0 Å². The smallest absolute Gasteiger partial charge is 0.312 e. The van der Waals surface area contributed by atoms with E-state index in [0.29, 0.717) is 31.1 Å². The third-order valence-electron chi connectivity index (χ3n) is 14.0. The fourth-order valence-corrected chi connectivity index (χ4v) is 12.1. The number of hydrogen-bond donors (Lipinski definition) is 0. The highest BCUT2D eigenvalue weighted by atomic mass is 19.3. The highest BCUT2D eigenvalue weighted by Crippen LogP contribution is 2.77. The van der Waals surface area contributed by atoms with Crippen molar-refractivity contribution in [3.05, 3.63) is 12.2 Å². The van der Waals surface area contributed by atoms with Crippen molar-refractivity contribution in [3.8, 4) is 0 Å². The first kappa shape index (κ1) is 29.0. The zero-order valence-electron chi connectivity index (χ0n) is 25.2. The van der Waals surface area contributed by atoms with Crippen LogP contribution in [0.4, 0.5) is 8.78 Å². The minimum Gasteiger partial charge on any atom is -0.469 e. The number of methoxy groups -OCH3 is 1. The van der Waals surface area contributed by atoms with Crippen molar-refractivity contribution >= 4 is 11.9 Å². The summed E-state index contributed by atoms with van der Waals surface area (Å²) < 4.78 is 39.4. The zero-order chi connectivity index (χ0) is 28.8. The molecule has 0 radical (unpaired) electrons. The van der Waals surface area contributed by atoms with E-state index in [-0.39, 0.29) is 63.0 Å². The van der Waals surface area contributed by atoms with Gasteiger partial charge in [-0.2, -0.15) is 0 Å². The number of carbonyl (C=O) groups excluding carboxylic acids is 2. The molecule has 4 nitrogen and oxygen atoms in total. The molecule has 5 aliphatic rings. The van der Waals surface area contributed by atoms with Crippen molar-refractivity contribution in [2.24, 2.45) is 56.7 Å². The summed E-state index contributed by atoms with van der Waals surface area (Å²) in [4.78, 5) is 25.3. The van der Waals surface area contributed by atoms with Crippen molar-refractivity contribution in [3.63, 3.8) is 0 Å². The molecular formula is C33H50F2O4. The first-order valence-electron chi connectivity index (χ1n) is 15.3. The quantitative estimate of drug-likeness (QED) is 0.264. The number of hydrogen-bond acceptors (Lipinski definition) is 4. The van der Waals surface area contributed by atoms with Gasteiger partial charge in [-0.15, -0.1) is 0 Å². The lowest BCUT2D eigenvalue weighted by Crippen LogP contribution is -2.67. The van der Waals surface area contributed by atoms with Crippen molar-refractivity contribution in [2.75, 3.05) is 7.11 Å². The Balaban J connectivity index is 1.53. The number of fused-ring (bicyclic) bond motifs is 7. The molecule has 0 N–H and O–H groups in total. The lowest BCUT2D eigenvalue weighted by atomic mass is 9.32. The molecule has 0 bridgehead atoms. The second kappa shape index (κ2) is 9.28. The van der Waals surface area contributed by atoms with Gasteiger partial charge in [-0.05, 0) is 116 Å². The van der Waals surface area contributed by atoms with Gasteiger partial charge in [0.1, 0.15) is 6.10 Å². The highest BCUT2D eigenvalue weighted by Gasteiger charge is 2.72. The fourth-order valence-electron chi connectivity index (χ4n) is 12.1. The third-order valence-corrected chi connectivity index (χ3v) is 14.0. The number of esters is 2. The van der Waals surface area contributed by atoms with Crippen LogP contribution in [-0.2, 0) is 19.1 Å². The zero-order valence-corrected chi connectivity index (χ0v) is 25.2. The van der Waals surface area contributed by atoms with Gasteiger partial charge in [0.2, 0.25) is 0 Å². The molecule has 0 amide bonds. The molecule has 5 saturated carbocycles. The Hall–Kier alpha value is -1.46. The SMILES string of the molecule is C=C(C(F)F)[C@@H]1CC[C@]2(C(=O)OC)CC[C@]3(C)[C@H](CC[C@@H]4[C@@]5(C)CC[C@H](OC(C)=O)C(C)(C)[C@@H]5CC[C@]43C)[C@H]12. The van der Waals surface area contributed by atoms with E-state index in [1.165, 1.54) is 14.0 Å². The summed E-state index contributed by atoms with van der Waals surface area (Å²) in [5.74, 6) is 0.290. The van der Waals surface area contributed by atoms with Crippen LogP contribution in [0.2, 0.25) is 0 Å². The average Bonchev–Trinajstić information content (AvgIpc) is 3.25. The van der Waals surface area contributed by atoms with Gasteiger partial charge in [-0.1, -0.05) is 41.2 Å². The molecule has 0 heterocycles. The minimum absolute atomic E-state index is 0.0171. The molecule has 220 valence electrons. The second-order valence-electron chi connectivity index (χ2n) is 15.3. The molecule has 5 aliphatic carbocycles. The van der Waals surface area contributed by atoms with Gasteiger partial charge >= 0.3 is 11.9 Å². The fraction of sp³-hybridized carbons (Fsp3) is 0.879. The number of ether oxygens (including phenoxy) is 2. The molecule has 0 aromatic carbocycles. The Morgan fingerprint density at radius 3 is 2.15 bits per heavy atom. The van der Waals surface area contributed by atoms with E-state index in [0.717, 1.165) is 44.9 Å². The van der Waals surface area contributed by atoms with Crippen LogP contribution in [0.25, 0.3) is 0 Å². The van der Waals surface area contributed by atoms with Gasteiger partial charge in [0.15, 0.2) is 0 Å². The molecular weight excluding hydrogens is 498 g/mol. The van der Waals surface area contributed by atoms with Crippen molar-refractivity contribution in [1.29, 1.82) is 0 Å². The van der Waals surface area contributed by atoms with Crippen LogP contribution in [0.1, 0.15) is 106 Å². The molecule has 5 rings (SSSR count). The van der Waals surface area contributed by atoms with Crippen LogP contribution >= 0.6 is 0 Å². The minimum atomic E-state index is -2.56. The lowest BCUT2D eigenvalue weighted by molar-refractivity contribution is -0.250. The van der Waals surface area contributed by atoms with Gasteiger partial charge in [0.05, 0.1) is 12.5 Å². The summed E-state index contributed by atoms with van der Waals surface area (Å²) in [5, 5.41) is 0. The highest BCUT2D eigenvalue weighted by molar-refractivity contribution is 5.78. The van der Waals surface area contributed by atoms with Gasteiger partial charge in [-0.3, -0.25) is 9.59 Å². The molecule has 5 fully saturated rings. The van der Waals surface area contributed by atoms with Crippen molar-refractivity contribution < 1.29 is 27.8 Å². The summed E-state index contributed by atoms with van der Waals surface area (Å²) in [7, 11) is 1.45. The number of allylic oxidation sites excluding steroid dienone is 1. The molecule has 10 atom stereocenters. The topological polar surface area (TPSA) is 52.6 Å². The molecule has 6 heteroatoms. The van der Waals surface area contributed by atoms with Crippen LogP contribution in [0, 0.1) is 56.7 Å². The summed E-state index contributed by atoms with van der Waals surface area (Å²) in [6.07, 6.45) is 6.36. The second-order valence-corrected chi connectivity index (χ2v) is 15.3. The third kappa shape index (κ3) is 3.77. The molecule has 39 heavy (non-hydrogen) atoms. The van der Waals surface area contributed by atoms with Crippen LogP contribution in [0.3, 0.4) is 0 Å². The molecule has 0 aliphatic heterocycles. The Morgan fingerprint density at radius 2 is 1.54 bits per heavy atom. The molecule has 0 saturated heterocycles. The van der Waals surface area contributed by atoms with Crippen molar-refractivity contribution in [2.45, 2.75) is 118 Å². The molecule has 0 aromatic rings. The van der Waals surface area contributed by atoms with E-state index in [9.17, 15) is 18.4 Å². The first-order chi connectivity index (χ1) is 18.1. The Kier molecular flexibility index (Phi) is 6.91. The Morgan fingerprint density at radius 1 is 0.846 bits per heavy atom. The Labute approximate surface area is 234 Å². The van der Waals surface area contributed by atoms with Crippen molar-refractivity contribution in [1.82, 2.24) is 0 Å². The van der Waals surface area contributed by atoms with E-state index in [1.54, 1.807) is 0 Å². The number of halogens is 2. The van der Waals surface area contributed by atoms with Gasteiger partial charge < -0.3 is 9.47 Å². The summed E-state index contributed by atoms with van der Waals surface area (Å²) in [6.45, 7) is 17.4. The monoisotopic (exact) mass is 548 g/mol. The number of alkyl halides is 2. The van der Waals surface area contributed by atoms with E-state index in [1.807, 2.05) is 0 Å². The predicted octanol–water partition coefficient (Wildman–Crippen LogP) is 7.99. The first-order valence-corrected chi connectivity index (χ1v) is 15.3. The maximum absolute atomic E-state index is 14.1. The van der Waals surface area contributed by atoms with Gasteiger partial charge in [-0.25, -0.2) is 8.78 Å². The maximum Gasteiger partial charge on any atom is 0.312 e. The molecule has 0 aromatic heterocycles. The van der Waals surface area contributed by atoms with Crippen LogP contribution in [0.15, 0.2) is 12.2 Å². The number of carbonyl (C=O) groups is 2. The van der Waals surface area contributed by atoms with Crippen LogP contribution in [-0.4, -0.2) is 31.6 Å². The average molecular weight is 549 g/mol. The largest absolute Gasteiger partial charge is 0.469 e. The maximum atomic E-state index is 14.1. The molecule has 0 unspecified atom stereocenters. The molecule has 0 spiro atoms. The lowest BCUT2D eigenvalue weighted by Gasteiger charge is -2.72. The van der Waals surface area contributed by atoms with Crippen LogP contribution < -0.4 is 0 Å². The Bertz CT molecular complexity index is 1040. The van der Waals surface area contributed by atoms with Gasteiger partial charge in [0, 0.05) is 12.3 Å². The number of rotatable bonds is 4. The van der Waals surface area contributed by atoms with E-state index < -0.39 is 11.8 Å². The summed E-state index contributed by atoms with van der Waals surface area (Å²) in [6, 6.07) is 0. The normalized spacial score (nSPS) is 48.3. The predicted molar refractivity (Wildman–Crippen MR) is 147 cm³/mol. The summed E-state index contributed by atoms with van der Waals surface area (Å²) >= 11 is 0. The summed E-state index contributed by atoms with van der Waals surface area (Å²) in [5.41, 5.74) is -0.629. The van der Waals surface area contributed by atoms with Gasteiger partial charge in [0.25, 0.3) is 6.43 Å². The van der Waals surface area contributed by atoms with E-state index in [4.69, 9.17) is 9.47 Å². The van der Waals surface area contributed by atoms with E-state index in [2.05, 4.69) is 41.2 Å². The van der Waals surface area contributed by atoms with Crippen LogP contribution in [0.5, 0.6) is 0 Å². The standard InChI is InChI=1S/C33H50F2O4/c1-19(27(34)35)21-11-16-33(28(37)38-8)18-17-31(6)22(26(21)33)9-10-24-30(5)14-13-25(39-20(2)36)29(3,4)23(30)12-15-32(24,31)7/h21-27H,1,9-18H2,2-8H3/t21-,22+,23-,24+,25-,26-,30-,31+,32+,33-/m0/s1.